The molecule has 5 rings (SSSR count). The fraction of sp³-hybridized carbons (Fsp3) is 0.458. The summed E-state index contributed by atoms with van der Waals surface area (Å²) in [5, 5.41) is 11.6. The number of ether oxygens (including phenoxy) is 2. The molecule has 2 saturated heterocycles. The number of hydrogen-bond acceptors (Lipinski definition) is 8. The number of likely N-dealkylation sites (N-methyl/N-ethyl adjacent to an activating group) is 1. The quantitative estimate of drug-likeness (QED) is 0.544. The zero-order chi connectivity index (χ0) is 21.9. The van der Waals surface area contributed by atoms with Crippen LogP contribution in [0.1, 0.15) is 17.2 Å². The highest BCUT2D eigenvalue weighted by atomic mass is 16.7. The van der Waals surface area contributed by atoms with Gasteiger partial charge in [-0.1, -0.05) is 6.07 Å². The Labute approximate surface area is 187 Å². The van der Waals surface area contributed by atoms with Crippen LogP contribution in [0.4, 0.5) is 0 Å². The SMILES string of the molecule is CN(CCc1ccccn1)[C@H]1[C@@H]2OC[C@@H](O2)[C@@H](N(Cc2ccco2)Cc2ccco2)[C@@H]1O. The van der Waals surface area contributed by atoms with Crippen LogP contribution in [0.15, 0.2) is 70.0 Å². The first kappa shape index (κ1) is 21.4. The van der Waals surface area contributed by atoms with Crippen molar-refractivity contribution < 1.29 is 23.4 Å². The van der Waals surface area contributed by atoms with Gasteiger partial charge in [-0.3, -0.25) is 14.8 Å². The van der Waals surface area contributed by atoms with Gasteiger partial charge in [0.05, 0.1) is 50.4 Å². The predicted molar refractivity (Wildman–Crippen MR) is 115 cm³/mol. The molecule has 0 aliphatic carbocycles. The molecule has 8 nitrogen and oxygen atoms in total. The van der Waals surface area contributed by atoms with Crippen molar-refractivity contribution in [3.63, 3.8) is 0 Å². The van der Waals surface area contributed by atoms with Crippen molar-refractivity contribution in [2.75, 3.05) is 20.2 Å². The molecule has 0 spiro atoms. The Hall–Kier alpha value is -2.49. The first-order valence-electron chi connectivity index (χ1n) is 11.0. The normalized spacial score (nSPS) is 27.4. The van der Waals surface area contributed by atoms with Gasteiger partial charge in [0.15, 0.2) is 6.29 Å². The van der Waals surface area contributed by atoms with Gasteiger partial charge in [0.25, 0.3) is 0 Å². The number of aromatic nitrogens is 1. The molecule has 8 heteroatoms. The minimum atomic E-state index is -0.667. The Morgan fingerprint density at radius 1 is 1.00 bits per heavy atom. The zero-order valence-corrected chi connectivity index (χ0v) is 18.1. The second-order valence-corrected chi connectivity index (χ2v) is 8.46. The summed E-state index contributed by atoms with van der Waals surface area (Å²) in [7, 11) is 2.00. The molecule has 3 aromatic rings. The molecule has 2 bridgehead atoms. The van der Waals surface area contributed by atoms with Crippen molar-refractivity contribution in [1.29, 1.82) is 0 Å². The van der Waals surface area contributed by atoms with E-state index in [-0.39, 0.29) is 18.2 Å². The molecule has 0 unspecified atom stereocenters. The van der Waals surface area contributed by atoms with Crippen LogP contribution < -0.4 is 0 Å². The van der Waals surface area contributed by atoms with Gasteiger partial charge in [-0.15, -0.1) is 0 Å². The van der Waals surface area contributed by atoms with Crippen LogP contribution in [0.2, 0.25) is 0 Å². The molecule has 5 atom stereocenters. The summed E-state index contributed by atoms with van der Waals surface area (Å²) >= 11 is 0. The molecule has 3 aromatic heterocycles. The third kappa shape index (κ3) is 4.51. The maximum absolute atomic E-state index is 11.6. The molecular formula is C24H29N3O5. The molecule has 2 aliphatic heterocycles. The van der Waals surface area contributed by atoms with Gasteiger partial charge in [0.2, 0.25) is 0 Å². The van der Waals surface area contributed by atoms with Gasteiger partial charge in [-0.25, -0.2) is 0 Å². The van der Waals surface area contributed by atoms with Crippen LogP contribution >= 0.6 is 0 Å². The second kappa shape index (κ2) is 9.56. The predicted octanol–water partition coefficient (Wildman–Crippen LogP) is 2.30. The highest BCUT2D eigenvalue weighted by Gasteiger charge is 2.53. The van der Waals surface area contributed by atoms with Gasteiger partial charge >= 0.3 is 0 Å². The highest BCUT2D eigenvalue weighted by Crippen LogP contribution is 2.35. The van der Waals surface area contributed by atoms with Gasteiger partial charge in [-0.05, 0) is 43.4 Å². The number of aliphatic hydroxyl groups excluding tert-OH is 1. The lowest BCUT2D eigenvalue weighted by molar-refractivity contribution is -0.197. The minimum absolute atomic E-state index is 0.222. The molecule has 0 aromatic carbocycles. The second-order valence-electron chi connectivity index (χ2n) is 8.46. The molecule has 1 N–H and O–H groups in total. The van der Waals surface area contributed by atoms with Crippen molar-refractivity contribution in [3.05, 3.63) is 78.4 Å². The van der Waals surface area contributed by atoms with Gasteiger partial charge < -0.3 is 23.4 Å². The first-order chi connectivity index (χ1) is 15.7. The molecule has 32 heavy (non-hydrogen) atoms. The number of nitrogens with zero attached hydrogens (tertiary/aromatic N) is 3. The van der Waals surface area contributed by atoms with Crippen molar-refractivity contribution in [1.82, 2.24) is 14.8 Å². The van der Waals surface area contributed by atoms with Gasteiger partial charge in [-0.2, -0.15) is 0 Å². The highest BCUT2D eigenvalue weighted by molar-refractivity contribution is 5.08. The van der Waals surface area contributed by atoms with Gasteiger partial charge in [0, 0.05) is 24.9 Å². The number of furan rings is 2. The van der Waals surface area contributed by atoms with Gasteiger partial charge in [0.1, 0.15) is 17.6 Å². The maximum atomic E-state index is 11.6. The number of rotatable bonds is 9. The van der Waals surface area contributed by atoms with E-state index in [1.807, 2.05) is 49.5 Å². The van der Waals surface area contributed by atoms with Crippen LogP contribution in [-0.2, 0) is 29.0 Å². The van der Waals surface area contributed by atoms with Crippen molar-refractivity contribution in [2.45, 2.75) is 50.1 Å². The molecule has 0 amide bonds. The van der Waals surface area contributed by atoms with E-state index >= 15 is 0 Å². The monoisotopic (exact) mass is 439 g/mol. The van der Waals surface area contributed by atoms with Crippen molar-refractivity contribution >= 4 is 0 Å². The standard InChI is InChI=1S/C24H29N3O5/c1-26(11-9-17-6-2-3-10-25-17)22-23(28)21(20-16-31-24(22)32-20)27(14-18-7-4-12-29-18)15-19-8-5-13-30-19/h2-8,10,12-13,20-24,28H,9,11,14-16H2,1H3/t20-,21-,22-,23+,24-/m1/s1. The molecule has 5 heterocycles. The summed E-state index contributed by atoms with van der Waals surface area (Å²) in [4.78, 5) is 8.69. The minimum Gasteiger partial charge on any atom is -0.468 e. The van der Waals surface area contributed by atoms with E-state index in [0.29, 0.717) is 19.7 Å². The van der Waals surface area contributed by atoms with E-state index in [2.05, 4.69) is 14.8 Å². The van der Waals surface area contributed by atoms with E-state index in [4.69, 9.17) is 18.3 Å². The third-order valence-corrected chi connectivity index (χ3v) is 6.35. The van der Waals surface area contributed by atoms with Crippen LogP contribution in [0.25, 0.3) is 0 Å². The Morgan fingerprint density at radius 3 is 2.38 bits per heavy atom. The number of aliphatic hydroxyl groups is 1. The summed E-state index contributed by atoms with van der Waals surface area (Å²) in [6.07, 6.45) is 4.57. The Kier molecular flexibility index (Phi) is 6.38. The third-order valence-electron chi connectivity index (χ3n) is 6.35. The molecule has 2 aliphatic rings. The van der Waals surface area contributed by atoms with Crippen LogP contribution in [-0.4, -0.2) is 70.7 Å². The largest absolute Gasteiger partial charge is 0.468 e. The van der Waals surface area contributed by atoms with E-state index in [1.165, 1.54) is 0 Å². The Morgan fingerprint density at radius 2 is 1.75 bits per heavy atom. The molecule has 170 valence electrons. The summed E-state index contributed by atoms with van der Waals surface area (Å²) in [5.41, 5.74) is 1.02. The molecular weight excluding hydrogens is 410 g/mol. The van der Waals surface area contributed by atoms with Crippen molar-refractivity contribution in [2.24, 2.45) is 0 Å². The fourth-order valence-electron chi connectivity index (χ4n) is 4.76. The molecule has 0 saturated carbocycles. The van der Waals surface area contributed by atoms with E-state index in [1.54, 1.807) is 18.7 Å². The molecule has 2 fully saturated rings. The lowest BCUT2D eigenvalue weighted by atomic mass is 9.93. The number of fused-ring (bicyclic) bond motifs is 2. The molecule has 0 radical (unpaired) electrons. The Balaban J connectivity index is 1.35. The zero-order valence-electron chi connectivity index (χ0n) is 18.1. The number of hydrogen-bond donors (Lipinski definition) is 1. The number of pyridine rings is 1. The van der Waals surface area contributed by atoms with Crippen LogP contribution in [0, 0.1) is 0 Å². The first-order valence-corrected chi connectivity index (χ1v) is 11.0. The summed E-state index contributed by atoms with van der Waals surface area (Å²) in [6, 6.07) is 13.0. The lowest BCUT2D eigenvalue weighted by Gasteiger charge is -2.46. The maximum Gasteiger partial charge on any atom is 0.176 e. The summed E-state index contributed by atoms with van der Waals surface area (Å²) < 4.78 is 23.4. The Bertz CT molecular complexity index is 913. The average Bonchev–Trinajstić information content (AvgIpc) is 3.57. The average molecular weight is 440 g/mol. The van der Waals surface area contributed by atoms with Crippen LogP contribution in [0.3, 0.4) is 0 Å². The van der Waals surface area contributed by atoms with Crippen LogP contribution in [0.5, 0.6) is 0 Å². The summed E-state index contributed by atoms with van der Waals surface area (Å²) in [6.45, 7) is 2.24. The van der Waals surface area contributed by atoms with E-state index in [9.17, 15) is 5.11 Å². The van der Waals surface area contributed by atoms with E-state index in [0.717, 1.165) is 30.2 Å². The summed E-state index contributed by atoms with van der Waals surface area (Å²) in [5.74, 6) is 1.65. The lowest BCUT2D eigenvalue weighted by Crippen LogP contribution is -2.64. The smallest absolute Gasteiger partial charge is 0.176 e. The fourth-order valence-corrected chi connectivity index (χ4v) is 4.76. The topological polar surface area (TPSA) is 84.3 Å². The van der Waals surface area contributed by atoms with Crippen molar-refractivity contribution in [3.8, 4) is 0 Å². The van der Waals surface area contributed by atoms with E-state index < -0.39 is 12.4 Å².